The molecule has 0 aromatic rings. The van der Waals surface area contributed by atoms with Gasteiger partial charge in [-0.1, -0.05) is 0 Å². The number of likely N-dealkylation sites (tertiary alicyclic amines) is 1. The van der Waals surface area contributed by atoms with Gasteiger partial charge >= 0.3 is 0 Å². The summed E-state index contributed by atoms with van der Waals surface area (Å²) in [6.45, 7) is 6.70. The summed E-state index contributed by atoms with van der Waals surface area (Å²) in [6.07, 6.45) is 5.37. The first-order valence-electron chi connectivity index (χ1n) is 5.98. The number of hydrogen-bond acceptors (Lipinski definition) is 3. The van der Waals surface area contributed by atoms with Crippen molar-refractivity contribution in [3.05, 3.63) is 0 Å². The summed E-state index contributed by atoms with van der Waals surface area (Å²) in [5.74, 6) is 0. The second-order valence-corrected chi connectivity index (χ2v) is 4.42. The van der Waals surface area contributed by atoms with Crippen LogP contribution in [-0.4, -0.2) is 50.3 Å². The van der Waals surface area contributed by atoms with E-state index in [1.165, 1.54) is 45.3 Å². The van der Waals surface area contributed by atoms with Crippen LogP contribution < -0.4 is 5.32 Å². The highest BCUT2D eigenvalue weighted by Gasteiger charge is 2.14. The van der Waals surface area contributed by atoms with Gasteiger partial charge in [0.1, 0.15) is 0 Å². The molecule has 2 heterocycles. The van der Waals surface area contributed by atoms with E-state index in [9.17, 15) is 0 Å². The Morgan fingerprint density at radius 2 is 2.07 bits per heavy atom. The summed E-state index contributed by atoms with van der Waals surface area (Å²) < 4.78 is 5.68. The van der Waals surface area contributed by atoms with Gasteiger partial charge in [-0.3, -0.25) is 0 Å². The largest absolute Gasteiger partial charge is 0.379 e. The minimum absolute atomic E-state index is 0.633. The molecule has 2 rings (SSSR count). The average molecular weight is 198 g/mol. The van der Waals surface area contributed by atoms with Crippen molar-refractivity contribution in [3.63, 3.8) is 0 Å². The third-order valence-electron chi connectivity index (χ3n) is 3.23. The fourth-order valence-electron chi connectivity index (χ4n) is 2.32. The molecule has 3 heteroatoms. The minimum atomic E-state index is 0.633. The van der Waals surface area contributed by atoms with Gasteiger partial charge in [0.2, 0.25) is 0 Å². The van der Waals surface area contributed by atoms with Crippen molar-refractivity contribution in [2.75, 3.05) is 39.4 Å². The lowest BCUT2D eigenvalue weighted by Crippen LogP contribution is -2.29. The van der Waals surface area contributed by atoms with E-state index in [0.717, 1.165) is 19.8 Å². The van der Waals surface area contributed by atoms with E-state index >= 15 is 0 Å². The lowest BCUT2D eigenvalue weighted by atomic mass is 10.2. The quantitative estimate of drug-likeness (QED) is 0.663. The molecule has 0 aliphatic carbocycles. The second kappa shape index (κ2) is 5.69. The van der Waals surface area contributed by atoms with Crippen LogP contribution in [0.15, 0.2) is 0 Å². The van der Waals surface area contributed by atoms with Gasteiger partial charge in [0.15, 0.2) is 0 Å². The molecule has 0 amide bonds. The van der Waals surface area contributed by atoms with E-state index in [0.29, 0.717) is 6.04 Å². The third-order valence-corrected chi connectivity index (χ3v) is 3.23. The van der Waals surface area contributed by atoms with Gasteiger partial charge in [0, 0.05) is 12.6 Å². The van der Waals surface area contributed by atoms with Crippen molar-refractivity contribution in [1.82, 2.24) is 10.2 Å². The molecule has 14 heavy (non-hydrogen) atoms. The highest BCUT2D eigenvalue weighted by atomic mass is 16.5. The summed E-state index contributed by atoms with van der Waals surface area (Å²) in [7, 11) is 0. The van der Waals surface area contributed by atoms with Crippen LogP contribution in [0.3, 0.4) is 0 Å². The normalized spacial score (nSPS) is 28.7. The molecular weight excluding hydrogens is 176 g/mol. The maximum absolute atomic E-state index is 5.68. The van der Waals surface area contributed by atoms with Crippen LogP contribution in [0, 0.1) is 0 Å². The first-order valence-corrected chi connectivity index (χ1v) is 5.98. The summed E-state index contributed by atoms with van der Waals surface area (Å²) in [6, 6.07) is 0.633. The van der Waals surface area contributed by atoms with Crippen molar-refractivity contribution in [3.8, 4) is 0 Å². The van der Waals surface area contributed by atoms with Gasteiger partial charge in [-0.05, 0) is 45.3 Å². The molecule has 1 atom stereocenters. The highest BCUT2D eigenvalue weighted by molar-refractivity contribution is 4.73. The molecule has 1 unspecified atom stereocenters. The van der Waals surface area contributed by atoms with Crippen molar-refractivity contribution in [1.29, 1.82) is 0 Å². The van der Waals surface area contributed by atoms with Gasteiger partial charge in [-0.15, -0.1) is 0 Å². The van der Waals surface area contributed by atoms with Crippen LogP contribution in [0.1, 0.15) is 25.7 Å². The van der Waals surface area contributed by atoms with Crippen molar-refractivity contribution < 1.29 is 4.74 Å². The van der Waals surface area contributed by atoms with Crippen LogP contribution in [0.4, 0.5) is 0 Å². The van der Waals surface area contributed by atoms with Gasteiger partial charge in [0.25, 0.3) is 0 Å². The van der Waals surface area contributed by atoms with Crippen LogP contribution in [0.5, 0.6) is 0 Å². The van der Waals surface area contributed by atoms with Gasteiger partial charge < -0.3 is 15.0 Å². The summed E-state index contributed by atoms with van der Waals surface area (Å²) in [5, 5.41) is 3.45. The van der Waals surface area contributed by atoms with Gasteiger partial charge in [0.05, 0.1) is 13.2 Å². The highest BCUT2D eigenvalue weighted by Crippen LogP contribution is 2.07. The van der Waals surface area contributed by atoms with E-state index in [-0.39, 0.29) is 0 Å². The lowest BCUT2D eigenvalue weighted by molar-refractivity contribution is 0.0966. The van der Waals surface area contributed by atoms with E-state index in [1.54, 1.807) is 0 Å². The summed E-state index contributed by atoms with van der Waals surface area (Å²) >= 11 is 0. The third kappa shape index (κ3) is 3.23. The minimum Gasteiger partial charge on any atom is -0.379 e. The molecule has 2 saturated heterocycles. The van der Waals surface area contributed by atoms with Crippen molar-refractivity contribution in [2.45, 2.75) is 31.7 Å². The van der Waals surface area contributed by atoms with Crippen molar-refractivity contribution in [2.24, 2.45) is 0 Å². The van der Waals surface area contributed by atoms with Crippen LogP contribution >= 0.6 is 0 Å². The Labute approximate surface area is 86.8 Å². The number of hydrogen-bond donors (Lipinski definition) is 1. The maximum Gasteiger partial charge on any atom is 0.0620 e. The molecule has 2 aliphatic rings. The van der Waals surface area contributed by atoms with Crippen LogP contribution in [0.25, 0.3) is 0 Å². The van der Waals surface area contributed by atoms with E-state index in [1.807, 2.05) is 0 Å². The Morgan fingerprint density at radius 3 is 2.79 bits per heavy atom. The Hall–Kier alpha value is -0.120. The second-order valence-electron chi connectivity index (χ2n) is 4.42. The predicted molar refractivity (Wildman–Crippen MR) is 57.5 cm³/mol. The van der Waals surface area contributed by atoms with Crippen molar-refractivity contribution >= 4 is 0 Å². The SMILES string of the molecule is C1CNC(COCCN2CCCC2)C1. The standard InChI is InChI=1S/C11H22N2O/c1-2-7-13(6-1)8-9-14-10-11-4-3-5-12-11/h11-12H,1-10H2. The molecule has 0 saturated carbocycles. The molecule has 0 spiro atoms. The Morgan fingerprint density at radius 1 is 1.21 bits per heavy atom. The molecule has 1 N–H and O–H groups in total. The molecule has 0 aromatic carbocycles. The number of nitrogens with zero attached hydrogens (tertiary/aromatic N) is 1. The zero-order valence-corrected chi connectivity index (χ0v) is 9.00. The molecular formula is C11H22N2O. The Bertz CT molecular complexity index is 133. The smallest absolute Gasteiger partial charge is 0.0620 e. The van der Waals surface area contributed by atoms with Crippen LogP contribution in [0.2, 0.25) is 0 Å². The van der Waals surface area contributed by atoms with Gasteiger partial charge in [-0.25, -0.2) is 0 Å². The van der Waals surface area contributed by atoms with E-state index in [2.05, 4.69) is 10.2 Å². The average Bonchev–Trinajstić information content (AvgIpc) is 2.86. The topological polar surface area (TPSA) is 24.5 Å². The van der Waals surface area contributed by atoms with Gasteiger partial charge in [-0.2, -0.15) is 0 Å². The summed E-state index contributed by atoms with van der Waals surface area (Å²) in [4.78, 5) is 2.50. The first kappa shape index (κ1) is 10.4. The Balaban J connectivity index is 1.46. The summed E-state index contributed by atoms with van der Waals surface area (Å²) in [5.41, 5.74) is 0. The fraction of sp³-hybridized carbons (Fsp3) is 1.00. The molecule has 82 valence electrons. The molecule has 2 aliphatic heterocycles. The van der Waals surface area contributed by atoms with E-state index < -0.39 is 0 Å². The maximum atomic E-state index is 5.68. The fourth-order valence-corrected chi connectivity index (χ4v) is 2.32. The van der Waals surface area contributed by atoms with Crippen LogP contribution in [-0.2, 0) is 4.74 Å². The molecule has 3 nitrogen and oxygen atoms in total. The monoisotopic (exact) mass is 198 g/mol. The lowest BCUT2D eigenvalue weighted by Gasteiger charge is -2.16. The molecule has 0 aromatic heterocycles. The number of nitrogens with one attached hydrogen (secondary N) is 1. The number of rotatable bonds is 5. The number of ether oxygens (including phenoxy) is 1. The molecule has 2 fully saturated rings. The zero-order chi connectivity index (χ0) is 9.64. The Kier molecular flexibility index (Phi) is 4.22. The molecule has 0 radical (unpaired) electrons. The zero-order valence-electron chi connectivity index (χ0n) is 9.00. The molecule has 0 bridgehead atoms. The predicted octanol–water partition coefficient (Wildman–Crippen LogP) is 0.851. The first-order chi connectivity index (χ1) is 6.95. The van der Waals surface area contributed by atoms with E-state index in [4.69, 9.17) is 4.74 Å².